The fraction of sp³-hybridized carbons (Fsp3) is 0.325. The van der Waals surface area contributed by atoms with Gasteiger partial charge in [-0.05, 0) is 89.9 Å². The van der Waals surface area contributed by atoms with E-state index in [-0.39, 0.29) is 23.3 Å². The Morgan fingerprint density at radius 1 is 1.13 bits per heavy atom. The van der Waals surface area contributed by atoms with Crippen LogP contribution in [0.5, 0.6) is 5.75 Å². The highest BCUT2D eigenvalue weighted by atomic mass is 35.5. The standard InChI is InChI=1S/C40H37ClF2N6O3S/c1-19(2)14-28-32(37(44)50)34(33(39-49-48-20(3)52-39)29(46-28)16-22-9-8-21-15-24(41)10-11-25(21)22)31-17-23-12-13-45-38(35(23)53-31)47-36-26-6-5-7-30(51-4)27(26)18-40(36,42)43/h5-7,10-13,15,17,19,22,36H,8-9,14,16,18H2,1-4H3,(H2,44,50)(H,45,47). The number of nitrogens with two attached hydrogens (primary N) is 1. The topological polar surface area (TPSA) is 129 Å². The number of nitrogens with zero attached hydrogens (tertiary/aromatic N) is 4. The first-order chi connectivity index (χ1) is 25.4. The summed E-state index contributed by atoms with van der Waals surface area (Å²) in [5.41, 5.74) is 12.2. The van der Waals surface area contributed by atoms with Gasteiger partial charge in [-0.1, -0.05) is 43.6 Å². The van der Waals surface area contributed by atoms with Gasteiger partial charge in [0.1, 0.15) is 17.6 Å². The van der Waals surface area contributed by atoms with E-state index in [0.717, 1.165) is 18.2 Å². The fourth-order valence-electron chi connectivity index (χ4n) is 7.94. The van der Waals surface area contributed by atoms with E-state index in [1.807, 2.05) is 24.3 Å². The predicted octanol–water partition coefficient (Wildman–Crippen LogP) is 9.29. The molecule has 0 bridgehead atoms. The van der Waals surface area contributed by atoms with Crippen LogP contribution in [0.3, 0.4) is 0 Å². The first-order valence-corrected chi connectivity index (χ1v) is 18.7. The molecule has 2 atom stereocenters. The lowest BCUT2D eigenvalue weighted by atomic mass is 9.88. The van der Waals surface area contributed by atoms with Gasteiger partial charge in [0.15, 0.2) is 0 Å². The maximum absolute atomic E-state index is 15.7. The van der Waals surface area contributed by atoms with Gasteiger partial charge in [-0.15, -0.1) is 21.5 Å². The number of primary amides is 1. The van der Waals surface area contributed by atoms with Gasteiger partial charge in [0, 0.05) is 40.6 Å². The predicted molar refractivity (Wildman–Crippen MR) is 202 cm³/mol. The largest absolute Gasteiger partial charge is 0.496 e. The van der Waals surface area contributed by atoms with Crippen molar-refractivity contribution in [1.29, 1.82) is 0 Å². The van der Waals surface area contributed by atoms with Crippen LogP contribution in [0.15, 0.2) is 59.1 Å². The number of hydrogen-bond acceptors (Lipinski definition) is 9. The number of rotatable bonds is 10. The summed E-state index contributed by atoms with van der Waals surface area (Å²) in [6, 6.07) is 13.5. The molecule has 6 aromatic rings. The third kappa shape index (κ3) is 6.31. The molecule has 272 valence electrons. The minimum Gasteiger partial charge on any atom is -0.496 e. The summed E-state index contributed by atoms with van der Waals surface area (Å²) >= 11 is 7.68. The lowest BCUT2D eigenvalue weighted by Gasteiger charge is -2.22. The quantitative estimate of drug-likeness (QED) is 0.142. The van der Waals surface area contributed by atoms with Gasteiger partial charge in [0.2, 0.25) is 11.8 Å². The first-order valence-electron chi connectivity index (χ1n) is 17.5. The van der Waals surface area contributed by atoms with Crippen LogP contribution < -0.4 is 15.8 Å². The highest BCUT2D eigenvalue weighted by molar-refractivity contribution is 7.23. The zero-order valence-electron chi connectivity index (χ0n) is 29.6. The van der Waals surface area contributed by atoms with Crippen molar-refractivity contribution >= 4 is 44.7 Å². The van der Waals surface area contributed by atoms with E-state index >= 15 is 8.78 Å². The van der Waals surface area contributed by atoms with E-state index in [0.29, 0.717) is 78.5 Å². The second-order valence-corrected chi connectivity index (χ2v) is 15.7. The summed E-state index contributed by atoms with van der Waals surface area (Å²) in [4.78, 5) is 24.0. The normalized spacial score (nSPS) is 17.4. The summed E-state index contributed by atoms with van der Waals surface area (Å²) < 4.78 is 43.6. The van der Waals surface area contributed by atoms with E-state index in [1.165, 1.54) is 29.6 Å². The van der Waals surface area contributed by atoms with Crippen LogP contribution in [0.25, 0.3) is 32.0 Å². The molecule has 0 radical (unpaired) electrons. The van der Waals surface area contributed by atoms with E-state index < -0.39 is 24.3 Å². The molecule has 1 amide bonds. The lowest BCUT2D eigenvalue weighted by molar-refractivity contribution is -0.00734. The van der Waals surface area contributed by atoms with Crippen molar-refractivity contribution in [3.05, 3.63) is 105 Å². The summed E-state index contributed by atoms with van der Waals surface area (Å²) in [6.45, 7) is 5.83. The first kappa shape index (κ1) is 35.1. The maximum atomic E-state index is 15.7. The van der Waals surface area contributed by atoms with E-state index in [4.69, 9.17) is 31.5 Å². The Balaban J connectivity index is 1.32. The van der Waals surface area contributed by atoms with Crippen LogP contribution in [0.1, 0.15) is 82.1 Å². The Labute approximate surface area is 314 Å². The number of hydrogen-bond donors (Lipinski definition) is 2. The number of carbonyl (C=O) groups excluding carboxylic acids is 1. The molecule has 4 aromatic heterocycles. The number of thiophene rings is 1. The third-order valence-corrected chi connectivity index (χ3v) is 11.6. The Morgan fingerprint density at radius 2 is 1.96 bits per heavy atom. The number of aryl methyl sites for hydroxylation is 2. The number of ether oxygens (including phenoxy) is 1. The van der Waals surface area contributed by atoms with Gasteiger partial charge in [0.05, 0.1) is 34.3 Å². The highest BCUT2D eigenvalue weighted by Crippen LogP contribution is 2.50. The summed E-state index contributed by atoms with van der Waals surface area (Å²) in [5, 5.41) is 13.1. The summed E-state index contributed by atoms with van der Waals surface area (Å²) in [6.07, 6.45) is 3.96. The Bertz CT molecular complexity index is 2410. The summed E-state index contributed by atoms with van der Waals surface area (Å²) in [7, 11) is 1.48. The average molecular weight is 755 g/mol. The minimum atomic E-state index is -3.10. The number of methoxy groups -OCH3 is 1. The number of alkyl halides is 2. The van der Waals surface area contributed by atoms with E-state index in [1.54, 1.807) is 31.3 Å². The Kier molecular flexibility index (Phi) is 8.93. The SMILES string of the molecule is COc1cccc2c1CC(F)(F)C2Nc1nccc2cc(-c3c(C(N)=O)c(CC(C)C)nc(CC4CCc5cc(Cl)ccc54)c3-c3nnc(C)o3)sc12. The minimum absolute atomic E-state index is 0.133. The Morgan fingerprint density at radius 3 is 2.70 bits per heavy atom. The molecule has 0 fully saturated rings. The number of amides is 1. The average Bonchev–Trinajstić information content (AvgIpc) is 3.89. The number of fused-ring (bicyclic) bond motifs is 3. The number of anilines is 1. The van der Waals surface area contributed by atoms with Crippen LogP contribution in [0.4, 0.5) is 14.6 Å². The molecule has 3 N–H and O–H groups in total. The molecule has 2 aliphatic carbocycles. The van der Waals surface area contributed by atoms with Crippen molar-refractivity contribution < 1.29 is 22.7 Å². The molecule has 13 heteroatoms. The van der Waals surface area contributed by atoms with E-state index in [2.05, 4.69) is 40.4 Å². The van der Waals surface area contributed by atoms with Crippen molar-refractivity contribution in [2.45, 2.75) is 70.8 Å². The van der Waals surface area contributed by atoms with Crippen molar-refractivity contribution in [1.82, 2.24) is 20.2 Å². The monoisotopic (exact) mass is 754 g/mol. The molecule has 8 rings (SSSR count). The summed E-state index contributed by atoms with van der Waals surface area (Å²) in [5.74, 6) is -2.15. The van der Waals surface area contributed by atoms with Crippen molar-refractivity contribution in [3.8, 4) is 27.6 Å². The second-order valence-electron chi connectivity index (χ2n) is 14.2. The molecule has 53 heavy (non-hydrogen) atoms. The molecular formula is C40H37ClF2N6O3S. The van der Waals surface area contributed by atoms with Gasteiger partial charge < -0.3 is 20.2 Å². The number of benzene rings is 2. The van der Waals surface area contributed by atoms with Gasteiger partial charge >= 0.3 is 0 Å². The molecule has 2 unspecified atom stereocenters. The third-order valence-electron chi connectivity index (χ3n) is 10.2. The zero-order valence-corrected chi connectivity index (χ0v) is 31.2. The van der Waals surface area contributed by atoms with Crippen LogP contribution in [-0.2, 0) is 25.7 Å². The van der Waals surface area contributed by atoms with Gasteiger partial charge in [-0.2, -0.15) is 0 Å². The van der Waals surface area contributed by atoms with Crippen LogP contribution >= 0.6 is 22.9 Å². The fourth-order valence-corrected chi connectivity index (χ4v) is 9.30. The number of carbonyl (C=O) groups is 1. The number of nitrogens with one attached hydrogen (secondary N) is 1. The van der Waals surface area contributed by atoms with Gasteiger partial charge in [0.25, 0.3) is 11.8 Å². The molecule has 0 spiro atoms. The molecule has 0 aliphatic heterocycles. The van der Waals surface area contributed by atoms with Gasteiger partial charge in [-0.3, -0.25) is 9.78 Å². The molecule has 2 aliphatic rings. The van der Waals surface area contributed by atoms with Crippen LogP contribution in [0.2, 0.25) is 5.02 Å². The zero-order chi connectivity index (χ0) is 37.2. The van der Waals surface area contributed by atoms with Gasteiger partial charge in [-0.25, -0.2) is 13.8 Å². The lowest BCUT2D eigenvalue weighted by Crippen LogP contribution is -2.28. The number of aromatic nitrogens is 4. The second kappa shape index (κ2) is 13.5. The number of pyridine rings is 2. The molecular weight excluding hydrogens is 718 g/mol. The van der Waals surface area contributed by atoms with Crippen molar-refractivity contribution in [3.63, 3.8) is 0 Å². The maximum Gasteiger partial charge on any atom is 0.276 e. The van der Waals surface area contributed by atoms with Crippen molar-refractivity contribution in [2.24, 2.45) is 11.7 Å². The Hall–Kier alpha value is -4.94. The molecule has 0 saturated carbocycles. The molecule has 9 nitrogen and oxygen atoms in total. The smallest absolute Gasteiger partial charge is 0.276 e. The highest BCUT2D eigenvalue weighted by Gasteiger charge is 2.49. The molecule has 0 saturated heterocycles. The molecule has 2 aromatic carbocycles. The van der Waals surface area contributed by atoms with Crippen LogP contribution in [-0.4, -0.2) is 39.1 Å². The number of halogens is 3. The van der Waals surface area contributed by atoms with Crippen molar-refractivity contribution in [2.75, 3.05) is 12.4 Å². The van der Waals surface area contributed by atoms with E-state index in [9.17, 15) is 4.79 Å². The molecule has 4 heterocycles. The van der Waals surface area contributed by atoms with Crippen LogP contribution in [0, 0.1) is 12.8 Å².